The van der Waals surface area contributed by atoms with Crippen molar-refractivity contribution in [2.24, 2.45) is 5.73 Å². The highest BCUT2D eigenvalue weighted by atomic mass is 16.1. The first-order valence-corrected chi connectivity index (χ1v) is 23.7. The Bertz CT molecular complexity index is 1880. The van der Waals surface area contributed by atoms with E-state index in [-0.39, 0.29) is 0 Å². The summed E-state index contributed by atoms with van der Waals surface area (Å²) in [6.45, 7) is 41.3. The minimum atomic E-state index is 0.486. The van der Waals surface area contributed by atoms with Gasteiger partial charge in [-0.3, -0.25) is 4.79 Å². The van der Waals surface area contributed by atoms with Crippen LogP contribution in [0.25, 0.3) is 22.3 Å². The Morgan fingerprint density at radius 1 is 0.844 bits per heavy atom. The number of nitrogens with zero attached hydrogens (tertiary/aromatic N) is 1. The predicted octanol–water partition coefficient (Wildman–Crippen LogP) is 16.1. The third-order valence-electron chi connectivity index (χ3n) is 9.34. The van der Waals surface area contributed by atoms with E-state index in [4.69, 9.17) is 23.3 Å². The van der Waals surface area contributed by atoms with E-state index in [1.807, 2.05) is 92.6 Å². The molecule has 5 rings (SSSR count). The molecule has 354 valence electrons. The molecule has 4 aromatic carbocycles. The van der Waals surface area contributed by atoms with E-state index in [0.717, 1.165) is 53.4 Å². The van der Waals surface area contributed by atoms with E-state index in [2.05, 4.69) is 114 Å². The van der Waals surface area contributed by atoms with Gasteiger partial charge in [0.2, 0.25) is 0 Å². The molecule has 64 heavy (non-hydrogen) atoms. The van der Waals surface area contributed by atoms with Crippen LogP contribution in [-0.4, -0.2) is 43.6 Å². The summed E-state index contributed by atoms with van der Waals surface area (Å²) in [5.41, 5.74) is 25.0. The molecule has 1 aliphatic heterocycles. The lowest BCUT2D eigenvalue weighted by molar-refractivity contribution is 0.112. The number of rotatable bonds is 9. The Morgan fingerprint density at radius 2 is 1.34 bits per heavy atom. The maximum Gasteiger partial charge on any atom is 0.150 e. The zero-order valence-electron chi connectivity index (χ0n) is 43.4. The summed E-state index contributed by atoms with van der Waals surface area (Å²) in [5, 5.41) is 7.80. The summed E-state index contributed by atoms with van der Waals surface area (Å²) in [6, 6.07) is 27.1. The Labute approximate surface area is 395 Å². The zero-order valence-corrected chi connectivity index (χ0v) is 43.4. The first-order valence-electron chi connectivity index (χ1n) is 23.7. The van der Waals surface area contributed by atoms with Crippen molar-refractivity contribution in [3.63, 3.8) is 0 Å². The van der Waals surface area contributed by atoms with Gasteiger partial charge in [-0.25, -0.2) is 0 Å². The minimum Gasteiger partial charge on any atom is -0.398 e. The highest BCUT2D eigenvalue weighted by Gasteiger charge is 2.19. The monoisotopic (exact) mass is 873 g/mol. The number of likely N-dealkylation sites (tertiary alicyclic amines) is 1. The fourth-order valence-corrected chi connectivity index (χ4v) is 6.26. The number of nitrogen functional groups attached to an aromatic ring is 1. The van der Waals surface area contributed by atoms with Crippen molar-refractivity contribution in [2.75, 3.05) is 32.4 Å². The SMILES string of the molecule is C#CC(=C)CC.C=CC.C=CC.CC.CC.CC.CC(=N)c1cc(-c2cccc(CCN)c2C)ccc1N.CCC.CCc1c(C=O)cccc1-c1cccc(C2CCN(C)CC2)c1. The quantitative estimate of drug-likeness (QED) is 0.0513. The topological polar surface area (TPSA) is 96.2 Å². The second-order valence-electron chi connectivity index (χ2n) is 14.2. The molecule has 5 heteroatoms. The fourth-order valence-electron chi connectivity index (χ4n) is 6.26. The van der Waals surface area contributed by atoms with Crippen LogP contribution in [0, 0.1) is 24.7 Å². The predicted molar refractivity (Wildman–Crippen MR) is 292 cm³/mol. The minimum absolute atomic E-state index is 0.486. The normalized spacial score (nSPS) is 10.8. The number of nitrogens with two attached hydrogens (primary N) is 2. The summed E-state index contributed by atoms with van der Waals surface area (Å²) in [6.07, 6.45) is 15.8. The molecule has 0 aliphatic carbocycles. The van der Waals surface area contributed by atoms with E-state index in [0.29, 0.717) is 23.9 Å². The van der Waals surface area contributed by atoms with E-state index < -0.39 is 0 Å². The van der Waals surface area contributed by atoms with Gasteiger partial charge in [0.05, 0.1) is 0 Å². The van der Waals surface area contributed by atoms with Crippen molar-refractivity contribution >= 4 is 17.7 Å². The van der Waals surface area contributed by atoms with Crippen molar-refractivity contribution in [2.45, 2.75) is 141 Å². The number of carbonyl (C=O) groups excluding carboxylic acids is 1. The number of nitrogens with one attached hydrogen (secondary N) is 1. The van der Waals surface area contributed by atoms with Crippen LogP contribution < -0.4 is 11.5 Å². The number of allylic oxidation sites excluding steroid dienone is 3. The summed E-state index contributed by atoms with van der Waals surface area (Å²) in [7, 11) is 2.20. The van der Waals surface area contributed by atoms with Gasteiger partial charge in [0, 0.05) is 22.5 Å². The van der Waals surface area contributed by atoms with Crippen LogP contribution in [0.5, 0.6) is 0 Å². The molecule has 0 aromatic heterocycles. The molecular weight excluding hydrogens is 781 g/mol. The lowest BCUT2D eigenvalue weighted by Crippen LogP contribution is -2.29. The van der Waals surface area contributed by atoms with Crippen molar-refractivity contribution < 1.29 is 4.79 Å². The Balaban J connectivity index is -0.000000396. The van der Waals surface area contributed by atoms with Crippen LogP contribution in [0.15, 0.2) is 116 Å². The van der Waals surface area contributed by atoms with E-state index >= 15 is 0 Å². The van der Waals surface area contributed by atoms with Crippen LogP contribution in [0.3, 0.4) is 0 Å². The third-order valence-corrected chi connectivity index (χ3v) is 9.34. The number of carbonyl (C=O) groups is 1. The molecule has 0 unspecified atom stereocenters. The molecule has 1 heterocycles. The van der Waals surface area contributed by atoms with Gasteiger partial charge in [0.25, 0.3) is 0 Å². The molecule has 0 atom stereocenters. The first-order chi connectivity index (χ1) is 30.8. The molecule has 5 N–H and O–H groups in total. The summed E-state index contributed by atoms with van der Waals surface area (Å²) < 4.78 is 0. The van der Waals surface area contributed by atoms with Crippen molar-refractivity contribution in [1.29, 1.82) is 5.41 Å². The van der Waals surface area contributed by atoms with Crippen molar-refractivity contribution in [1.82, 2.24) is 4.90 Å². The van der Waals surface area contributed by atoms with Gasteiger partial charge in [-0.15, -0.1) is 19.6 Å². The van der Waals surface area contributed by atoms with Crippen molar-refractivity contribution in [3.05, 3.63) is 150 Å². The van der Waals surface area contributed by atoms with Gasteiger partial charge >= 0.3 is 0 Å². The highest BCUT2D eigenvalue weighted by molar-refractivity contribution is 6.02. The number of hydrogen-bond acceptors (Lipinski definition) is 5. The number of anilines is 1. The number of hydrogen-bond donors (Lipinski definition) is 3. The highest BCUT2D eigenvalue weighted by Crippen LogP contribution is 2.33. The van der Waals surface area contributed by atoms with Crippen LogP contribution >= 0.6 is 0 Å². The fraction of sp³-hybridized carbons (Fsp3) is 0.424. The van der Waals surface area contributed by atoms with Crippen LogP contribution in [-0.2, 0) is 12.8 Å². The number of aldehydes is 1. The largest absolute Gasteiger partial charge is 0.398 e. The molecular formula is C59H92N4O. The molecule has 0 saturated carbocycles. The average Bonchev–Trinajstić information content (AvgIpc) is 3.32. The van der Waals surface area contributed by atoms with Gasteiger partial charge in [-0.1, -0.05) is 167 Å². The summed E-state index contributed by atoms with van der Waals surface area (Å²) >= 11 is 0. The number of piperidine rings is 1. The molecule has 1 aliphatic rings. The van der Waals surface area contributed by atoms with Gasteiger partial charge in [0.15, 0.2) is 0 Å². The Hall–Kier alpha value is -5.28. The first kappa shape index (κ1) is 65.3. The summed E-state index contributed by atoms with van der Waals surface area (Å²) in [5.74, 6) is 3.08. The van der Waals surface area contributed by atoms with Crippen LogP contribution in [0.4, 0.5) is 5.69 Å². The molecule has 4 aromatic rings. The van der Waals surface area contributed by atoms with Crippen LogP contribution in [0.2, 0.25) is 0 Å². The van der Waals surface area contributed by atoms with Gasteiger partial charge in [0.1, 0.15) is 6.29 Å². The smallest absolute Gasteiger partial charge is 0.150 e. The maximum absolute atomic E-state index is 11.3. The molecule has 0 spiro atoms. The lowest BCUT2D eigenvalue weighted by atomic mass is 9.86. The zero-order chi connectivity index (χ0) is 50.0. The van der Waals surface area contributed by atoms with Crippen LogP contribution in [0.1, 0.15) is 160 Å². The molecule has 5 nitrogen and oxygen atoms in total. The van der Waals surface area contributed by atoms with Gasteiger partial charge < -0.3 is 21.8 Å². The van der Waals surface area contributed by atoms with E-state index in [9.17, 15) is 4.79 Å². The Morgan fingerprint density at radius 3 is 1.80 bits per heavy atom. The van der Waals surface area contributed by atoms with Gasteiger partial charge in [-0.05, 0) is 155 Å². The molecule has 1 fully saturated rings. The summed E-state index contributed by atoms with van der Waals surface area (Å²) in [4.78, 5) is 13.7. The molecule has 0 amide bonds. The van der Waals surface area contributed by atoms with E-state index in [1.54, 1.807) is 19.1 Å². The number of terminal acetylenes is 1. The molecule has 1 saturated heterocycles. The number of benzene rings is 4. The second kappa shape index (κ2) is 43.0. The standard InChI is InChI=1S/C21H25NO.C17H21N3.C6H8.C3H8.2C3H6.3C2H6/c1-3-20-19(15-23)8-5-9-21(20)18-7-4-6-17(14-18)16-10-12-22(2)13-11-16;1-11-13(8-9-18)4-3-5-15(11)14-6-7-17(20)16(10-14)12(2)19;1-4-6(3)5-2;3*1-3-2;3*1-2/h4-9,14-16H,3,10-13H2,1-2H3;3-7,10,19H,8-9,18,20H2,1-2H3;1H,3,5H2,2H3;3H2,1-2H3;2*3H,1H2,2H3;3*1-2H3. The van der Waals surface area contributed by atoms with E-state index in [1.165, 1.54) is 65.7 Å². The second-order valence-corrected chi connectivity index (χ2v) is 14.2. The third kappa shape index (κ3) is 25.7. The maximum atomic E-state index is 11.3. The Kier molecular flexibility index (Phi) is 43.9. The average molecular weight is 873 g/mol. The van der Waals surface area contributed by atoms with Crippen molar-refractivity contribution in [3.8, 4) is 34.6 Å². The molecule has 0 bridgehead atoms. The van der Waals surface area contributed by atoms with Gasteiger partial charge in [-0.2, -0.15) is 0 Å². The molecule has 0 radical (unpaired) electrons. The lowest BCUT2D eigenvalue weighted by Gasteiger charge is -2.29.